The number of aromatic nitrogens is 2. The van der Waals surface area contributed by atoms with E-state index < -0.39 is 0 Å². The Labute approximate surface area is 109 Å². The first-order chi connectivity index (χ1) is 8.56. The number of benzene rings is 1. The summed E-state index contributed by atoms with van der Waals surface area (Å²) in [6.45, 7) is 1.87. The number of rotatable bonds is 3. The van der Waals surface area contributed by atoms with Gasteiger partial charge in [0.15, 0.2) is 0 Å². The Morgan fingerprint density at radius 3 is 2.72 bits per heavy atom. The van der Waals surface area contributed by atoms with E-state index in [9.17, 15) is 4.39 Å². The Bertz CT molecular complexity index is 583. The molecule has 3 N–H and O–H groups in total. The average Bonchev–Trinajstić information content (AvgIpc) is 2.34. The predicted molar refractivity (Wildman–Crippen MR) is 72.3 cm³/mol. The largest absolute Gasteiger partial charge is 0.388 e. The second-order valence-electron chi connectivity index (χ2n) is 3.74. The molecule has 0 fully saturated rings. The molecule has 1 heterocycles. The topological polar surface area (TPSA) is 63.8 Å². The van der Waals surface area contributed by atoms with Crippen molar-refractivity contribution in [3.8, 4) is 0 Å². The smallest absolute Gasteiger partial charge is 0.148 e. The van der Waals surface area contributed by atoms with E-state index >= 15 is 0 Å². The molecular weight excluding hydrogens is 251 g/mol. The lowest BCUT2D eigenvalue weighted by Crippen LogP contribution is -2.12. The van der Waals surface area contributed by atoms with Gasteiger partial charge in [-0.15, -0.1) is 0 Å². The monoisotopic (exact) mass is 262 g/mol. The van der Waals surface area contributed by atoms with Crippen molar-refractivity contribution in [3.05, 3.63) is 47.7 Å². The highest BCUT2D eigenvalue weighted by Gasteiger charge is 2.03. The molecular formula is C12H11FN4S. The third-order valence-electron chi connectivity index (χ3n) is 2.37. The zero-order chi connectivity index (χ0) is 13.1. The number of thiocarbonyl (C=S) groups is 1. The molecule has 18 heavy (non-hydrogen) atoms. The van der Waals surface area contributed by atoms with Gasteiger partial charge >= 0.3 is 0 Å². The van der Waals surface area contributed by atoms with Gasteiger partial charge in [-0.05, 0) is 24.6 Å². The lowest BCUT2D eigenvalue weighted by Gasteiger charge is -2.08. The van der Waals surface area contributed by atoms with E-state index in [4.69, 9.17) is 18.0 Å². The summed E-state index contributed by atoms with van der Waals surface area (Å²) in [5, 5.41) is 2.98. The molecule has 0 spiro atoms. The van der Waals surface area contributed by atoms with E-state index in [2.05, 4.69) is 15.3 Å². The second-order valence-corrected chi connectivity index (χ2v) is 4.18. The lowest BCUT2D eigenvalue weighted by molar-refractivity contribution is 0.628. The quantitative estimate of drug-likeness (QED) is 0.831. The molecule has 0 atom stereocenters. The van der Waals surface area contributed by atoms with E-state index in [0.717, 1.165) is 5.56 Å². The van der Waals surface area contributed by atoms with Gasteiger partial charge in [0.05, 0.1) is 12.4 Å². The molecule has 0 saturated carbocycles. The van der Waals surface area contributed by atoms with Crippen molar-refractivity contribution >= 4 is 28.7 Å². The van der Waals surface area contributed by atoms with Gasteiger partial charge in [-0.25, -0.2) is 14.4 Å². The number of nitrogens with two attached hydrogens (primary N) is 1. The summed E-state index contributed by atoms with van der Waals surface area (Å²) in [5.41, 5.74) is 7.43. The molecule has 0 saturated heterocycles. The summed E-state index contributed by atoms with van der Waals surface area (Å²) in [7, 11) is 0. The second kappa shape index (κ2) is 5.05. The van der Waals surface area contributed by atoms with Gasteiger partial charge in [0.2, 0.25) is 0 Å². The number of halogens is 1. The minimum Gasteiger partial charge on any atom is -0.388 e. The maximum atomic E-state index is 13.1. The van der Waals surface area contributed by atoms with Gasteiger partial charge < -0.3 is 11.1 Å². The summed E-state index contributed by atoms with van der Waals surface area (Å²) in [6, 6.07) is 4.50. The Kier molecular flexibility index (Phi) is 3.47. The van der Waals surface area contributed by atoms with Crippen molar-refractivity contribution in [1.82, 2.24) is 9.97 Å². The van der Waals surface area contributed by atoms with Crippen molar-refractivity contribution in [2.24, 2.45) is 5.73 Å². The number of hydrogen-bond donors (Lipinski definition) is 2. The molecule has 0 radical (unpaired) electrons. The van der Waals surface area contributed by atoms with E-state index in [1.807, 2.05) is 6.92 Å². The zero-order valence-electron chi connectivity index (χ0n) is 9.64. The van der Waals surface area contributed by atoms with Crippen LogP contribution in [-0.4, -0.2) is 15.0 Å². The fourth-order valence-corrected chi connectivity index (χ4v) is 1.49. The van der Waals surface area contributed by atoms with Crippen LogP contribution in [0.15, 0.2) is 30.6 Å². The molecule has 0 bridgehead atoms. The number of nitrogens with zero attached hydrogens (tertiary/aromatic N) is 2. The molecule has 0 aliphatic carbocycles. The number of anilines is 2. The summed E-state index contributed by atoms with van der Waals surface area (Å²) < 4.78 is 13.1. The average molecular weight is 262 g/mol. The van der Waals surface area contributed by atoms with Crippen LogP contribution in [-0.2, 0) is 0 Å². The number of nitrogens with one attached hydrogen (secondary N) is 1. The molecule has 1 aromatic carbocycles. The normalized spacial score (nSPS) is 10.1. The Balaban J connectivity index is 2.23. The fourth-order valence-electron chi connectivity index (χ4n) is 1.39. The zero-order valence-corrected chi connectivity index (χ0v) is 10.5. The minimum atomic E-state index is -0.309. The first-order valence-electron chi connectivity index (χ1n) is 5.21. The molecule has 2 aromatic rings. The van der Waals surface area contributed by atoms with Crippen molar-refractivity contribution in [2.45, 2.75) is 6.92 Å². The Hall–Kier alpha value is -2.08. The third kappa shape index (κ3) is 2.78. The van der Waals surface area contributed by atoms with Gasteiger partial charge in [0.25, 0.3) is 0 Å². The molecule has 0 aliphatic rings. The van der Waals surface area contributed by atoms with Crippen molar-refractivity contribution < 1.29 is 4.39 Å². The Morgan fingerprint density at radius 2 is 2.11 bits per heavy atom. The number of hydrogen-bond acceptors (Lipinski definition) is 4. The number of aryl methyl sites for hydroxylation is 1. The van der Waals surface area contributed by atoms with Crippen LogP contribution in [0.4, 0.5) is 15.9 Å². The first-order valence-corrected chi connectivity index (χ1v) is 5.62. The Morgan fingerprint density at radius 1 is 1.33 bits per heavy atom. The molecule has 4 nitrogen and oxygen atoms in total. The highest BCUT2D eigenvalue weighted by molar-refractivity contribution is 7.80. The fraction of sp³-hybridized carbons (Fsp3) is 0.0833. The molecule has 92 valence electrons. The van der Waals surface area contributed by atoms with Gasteiger partial charge in [0, 0.05) is 5.69 Å². The predicted octanol–water partition coefficient (Wildman–Crippen LogP) is 2.30. The summed E-state index contributed by atoms with van der Waals surface area (Å²) in [5.74, 6) is 0.194. The SMILES string of the molecule is Cc1ccc(F)cc1Nc1cnc(C(N)=S)cn1. The highest BCUT2D eigenvalue weighted by atomic mass is 32.1. The van der Waals surface area contributed by atoms with Crippen LogP contribution in [0.25, 0.3) is 0 Å². The molecule has 2 rings (SSSR count). The van der Waals surface area contributed by atoms with Gasteiger partial charge in [-0.2, -0.15) is 0 Å². The molecule has 0 aliphatic heterocycles. The van der Waals surface area contributed by atoms with Crippen molar-refractivity contribution in [2.75, 3.05) is 5.32 Å². The van der Waals surface area contributed by atoms with Crippen LogP contribution in [0.3, 0.4) is 0 Å². The third-order valence-corrected chi connectivity index (χ3v) is 2.58. The van der Waals surface area contributed by atoms with Gasteiger partial charge in [-0.3, -0.25) is 0 Å². The highest BCUT2D eigenvalue weighted by Crippen LogP contribution is 2.19. The summed E-state index contributed by atoms with van der Waals surface area (Å²) in [6.07, 6.45) is 2.97. The summed E-state index contributed by atoms with van der Waals surface area (Å²) >= 11 is 4.78. The molecule has 0 unspecified atom stereocenters. The molecule has 0 amide bonds. The van der Waals surface area contributed by atoms with Crippen LogP contribution in [0.5, 0.6) is 0 Å². The van der Waals surface area contributed by atoms with Crippen LogP contribution in [0.2, 0.25) is 0 Å². The minimum absolute atomic E-state index is 0.191. The molecule has 1 aromatic heterocycles. The van der Waals surface area contributed by atoms with E-state index in [0.29, 0.717) is 17.2 Å². The first kappa shape index (κ1) is 12.4. The van der Waals surface area contributed by atoms with Crippen LogP contribution < -0.4 is 11.1 Å². The van der Waals surface area contributed by atoms with Crippen LogP contribution >= 0.6 is 12.2 Å². The maximum Gasteiger partial charge on any atom is 0.148 e. The van der Waals surface area contributed by atoms with Gasteiger partial charge in [0.1, 0.15) is 22.3 Å². The van der Waals surface area contributed by atoms with Crippen molar-refractivity contribution in [1.29, 1.82) is 0 Å². The van der Waals surface area contributed by atoms with E-state index in [1.54, 1.807) is 6.07 Å². The van der Waals surface area contributed by atoms with E-state index in [-0.39, 0.29) is 10.8 Å². The van der Waals surface area contributed by atoms with Crippen LogP contribution in [0.1, 0.15) is 11.3 Å². The molecule has 6 heteroatoms. The standard InChI is InChI=1S/C12H11FN4S/c1-7-2-3-8(13)4-9(7)17-11-6-15-10(5-16-11)12(14)18/h2-6H,1H3,(H2,14,18)(H,16,17). The lowest BCUT2D eigenvalue weighted by atomic mass is 10.2. The van der Waals surface area contributed by atoms with Crippen molar-refractivity contribution in [3.63, 3.8) is 0 Å². The summed E-state index contributed by atoms with van der Waals surface area (Å²) in [4.78, 5) is 8.33. The van der Waals surface area contributed by atoms with E-state index in [1.165, 1.54) is 24.5 Å². The van der Waals surface area contributed by atoms with Gasteiger partial charge in [-0.1, -0.05) is 18.3 Å². The van der Waals surface area contributed by atoms with Crippen LogP contribution in [0, 0.1) is 12.7 Å². The maximum absolute atomic E-state index is 13.1.